The number of hydrazine groups is 1. The molecule has 4 rings (SSSR count). The van der Waals surface area contributed by atoms with Crippen LogP contribution in [0.25, 0.3) is 10.8 Å². The van der Waals surface area contributed by atoms with Crippen molar-refractivity contribution in [1.29, 1.82) is 0 Å². The molecular formula is C23H21FN6O4S. The first-order valence-electron chi connectivity index (χ1n) is 10.5. The molecule has 180 valence electrons. The number of benzene rings is 2. The van der Waals surface area contributed by atoms with Crippen molar-refractivity contribution in [2.45, 2.75) is 18.6 Å². The zero-order valence-electron chi connectivity index (χ0n) is 18.5. The number of carbonyl (C=O) groups is 1. The number of hydrogen-bond acceptors (Lipinski definition) is 6. The second-order valence-corrected chi connectivity index (χ2v) is 9.51. The van der Waals surface area contributed by atoms with E-state index in [1.807, 2.05) is 30.3 Å². The number of aromatic nitrogens is 2. The summed E-state index contributed by atoms with van der Waals surface area (Å²) in [5.41, 5.74) is 5.45. The number of nitrogens with zero attached hydrogens (tertiary/aromatic N) is 3. The van der Waals surface area contributed by atoms with E-state index in [4.69, 9.17) is 4.42 Å². The van der Waals surface area contributed by atoms with Crippen LogP contribution in [0.3, 0.4) is 0 Å². The SMILES string of the molecule is C[C@@H](Cc1ncc(F)cn1)S(=O)(=O)/N=C(\NNC(=O)c1ccco1)Nc1cccc2ccccc12. The van der Waals surface area contributed by atoms with Crippen molar-refractivity contribution in [2.75, 3.05) is 5.32 Å². The number of fused-ring (bicyclic) bond motifs is 1. The van der Waals surface area contributed by atoms with E-state index in [1.54, 1.807) is 18.2 Å². The van der Waals surface area contributed by atoms with Gasteiger partial charge in [0.25, 0.3) is 10.0 Å². The largest absolute Gasteiger partial charge is 0.459 e. The summed E-state index contributed by atoms with van der Waals surface area (Å²) >= 11 is 0. The summed E-state index contributed by atoms with van der Waals surface area (Å²) in [7, 11) is -4.13. The third-order valence-corrected chi connectivity index (χ3v) is 6.57. The fourth-order valence-electron chi connectivity index (χ4n) is 3.15. The highest BCUT2D eigenvalue weighted by Crippen LogP contribution is 2.23. The van der Waals surface area contributed by atoms with Crippen molar-refractivity contribution >= 4 is 38.3 Å². The predicted octanol–water partition coefficient (Wildman–Crippen LogP) is 3.03. The van der Waals surface area contributed by atoms with Gasteiger partial charge in [-0.05, 0) is 30.5 Å². The summed E-state index contributed by atoms with van der Waals surface area (Å²) in [4.78, 5) is 19.9. The molecule has 3 N–H and O–H groups in total. The highest BCUT2D eigenvalue weighted by Gasteiger charge is 2.23. The molecular weight excluding hydrogens is 475 g/mol. The summed E-state index contributed by atoms with van der Waals surface area (Å²) in [6.45, 7) is 1.43. The van der Waals surface area contributed by atoms with Crippen molar-refractivity contribution in [3.05, 3.63) is 90.7 Å². The van der Waals surface area contributed by atoms with Crippen molar-refractivity contribution in [2.24, 2.45) is 4.40 Å². The summed E-state index contributed by atoms with van der Waals surface area (Å²) in [5.74, 6) is -1.33. The third-order valence-electron chi connectivity index (χ3n) is 4.95. The Labute approximate surface area is 200 Å². The van der Waals surface area contributed by atoms with Crippen molar-refractivity contribution < 1.29 is 22.0 Å². The number of carbonyl (C=O) groups excluding carboxylic acids is 1. The van der Waals surface area contributed by atoms with Crippen molar-refractivity contribution in [1.82, 2.24) is 20.8 Å². The minimum Gasteiger partial charge on any atom is -0.459 e. The summed E-state index contributed by atoms with van der Waals surface area (Å²) in [5, 5.41) is 3.63. The van der Waals surface area contributed by atoms with Crippen LogP contribution < -0.4 is 16.2 Å². The lowest BCUT2D eigenvalue weighted by atomic mass is 10.1. The summed E-state index contributed by atoms with van der Waals surface area (Å²) in [6, 6.07) is 15.9. The molecule has 0 aliphatic carbocycles. The maximum atomic E-state index is 13.1. The van der Waals surface area contributed by atoms with Gasteiger partial charge in [-0.25, -0.2) is 22.8 Å². The first kappa shape index (κ1) is 23.8. The number of hydrogen-bond donors (Lipinski definition) is 3. The number of sulfonamides is 1. The Morgan fingerprint density at radius 2 is 1.80 bits per heavy atom. The molecule has 0 bridgehead atoms. The van der Waals surface area contributed by atoms with Crippen LogP contribution in [0.1, 0.15) is 23.3 Å². The van der Waals surface area contributed by atoms with Crippen LogP contribution in [-0.2, 0) is 16.4 Å². The molecule has 2 aromatic heterocycles. The van der Waals surface area contributed by atoms with Gasteiger partial charge in [-0.2, -0.15) is 0 Å². The van der Waals surface area contributed by atoms with Crippen LogP contribution in [0.5, 0.6) is 0 Å². The first-order valence-corrected chi connectivity index (χ1v) is 12.0. The molecule has 0 aliphatic rings. The summed E-state index contributed by atoms with van der Waals surface area (Å²) in [6.07, 6.45) is 3.17. The van der Waals surface area contributed by atoms with Gasteiger partial charge in [-0.15, -0.1) is 4.40 Å². The molecule has 2 aromatic carbocycles. The van der Waals surface area contributed by atoms with Gasteiger partial charge < -0.3 is 9.73 Å². The average molecular weight is 497 g/mol. The highest BCUT2D eigenvalue weighted by molar-refractivity contribution is 7.90. The van der Waals surface area contributed by atoms with Gasteiger partial charge in [0.2, 0.25) is 5.96 Å². The van der Waals surface area contributed by atoms with E-state index in [2.05, 4.69) is 30.5 Å². The fourth-order valence-corrected chi connectivity index (χ4v) is 4.03. The van der Waals surface area contributed by atoms with Crippen LogP contribution in [0.4, 0.5) is 10.1 Å². The number of furan rings is 1. The Kier molecular flexibility index (Phi) is 7.01. The number of anilines is 1. The third kappa shape index (κ3) is 5.98. The zero-order chi connectivity index (χ0) is 24.8. The lowest BCUT2D eigenvalue weighted by molar-refractivity contribution is 0.0916. The molecule has 1 atom stereocenters. The molecule has 10 nitrogen and oxygen atoms in total. The van der Waals surface area contributed by atoms with Crippen LogP contribution in [0, 0.1) is 5.82 Å². The molecule has 0 fully saturated rings. The minimum absolute atomic E-state index is 0.0201. The Morgan fingerprint density at radius 3 is 2.54 bits per heavy atom. The van der Waals surface area contributed by atoms with Gasteiger partial charge >= 0.3 is 5.91 Å². The molecule has 0 spiro atoms. The molecule has 0 saturated heterocycles. The van der Waals surface area contributed by atoms with Crippen molar-refractivity contribution in [3.8, 4) is 0 Å². The van der Waals surface area contributed by atoms with Crippen LogP contribution in [0.15, 0.2) is 82.1 Å². The number of nitrogens with one attached hydrogen (secondary N) is 3. The van der Waals surface area contributed by atoms with Gasteiger partial charge in [0.15, 0.2) is 11.6 Å². The molecule has 2 heterocycles. The number of halogens is 1. The van der Waals surface area contributed by atoms with E-state index in [0.29, 0.717) is 5.69 Å². The standard InChI is InChI=1S/C23H21FN6O4S/c1-15(12-21-25-13-17(24)14-26-21)35(32,33)30-23(29-28-22(31)20-10-5-11-34-20)27-19-9-4-7-16-6-2-3-8-18(16)19/h2-11,13-15H,12H2,1H3,(H,28,31)(H2,27,29,30)/t15-/m0/s1. The number of rotatable bonds is 6. The zero-order valence-corrected chi connectivity index (χ0v) is 19.3. The molecule has 12 heteroatoms. The number of amides is 1. The monoisotopic (exact) mass is 496 g/mol. The van der Waals surface area contributed by atoms with E-state index < -0.39 is 27.0 Å². The van der Waals surface area contributed by atoms with E-state index in [0.717, 1.165) is 23.2 Å². The van der Waals surface area contributed by atoms with E-state index >= 15 is 0 Å². The van der Waals surface area contributed by atoms with Gasteiger partial charge in [0.1, 0.15) is 5.82 Å². The molecule has 4 aromatic rings. The molecule has 0 unspecified atom stereocenters. The molecule has 0 aliphatic heterocycles. The molecule has 1 amide bonds. The summed E-state index contributed by atoms with van der Waals surface area (Å²) < 4.78 is 48.0. The average Bonchev–Trinajstić information content (AvgIpc) is 3.39. The second-order valence-electron chi connectivity index (χ2n) is 7.50. The van der Waals surface area contributed by atoms with Gasteiger partial charge in [-0.3, -0.25) is 15.6 Å². The minimum atomic E-state index is -4.13. The number of guanidine groups is 1. The van der Waals surface area contributed by atoms with Crippen LogP contribution >= 0.6 is 0 Å². The van der Waals surface area contributed by atoms with E-state index in [9.17, 15) is 17.6 Å². The molecule has 35 heavy (non-hydrogen) atoms. The van der Waals surface area contributed by atoms with Gasteiger partial charge in [0, 0.05) is 17.5 Å². The second kappa shape index (κ2) is 10.3. The maximum Gasteiger partial charge on any atom is 0.305 e. The molecule has 0 saturated carbocycles. The van der Waals surface area contributed by atoms with E-state index in [-0.39, 0.29) is 24.0 Å². The maximum absolute atomic E-state index is 13.1. The Hall–Kier alpha value is -4.32. The lowest BCUT2D eigenvalue weighted by Gasteiger charge is -2.16. The Morgan fingerprint density at radius 1 is 1.06 bits per heavy atom. The fraction of sp³-hybridized carbons (Fsp3) is 0.130. The van der Waals surface area contributed by atoms with Crippen LogP contribution in [0.2, 0.25) is 0 Å². The Bertz CT molecular complexity index is 1450. The molecule has 0 radical (unpaired) electrons. The lowest BCUT2D eigenvalue weighted by Crippen LogP contribution is -2.45. The quantitative estimate of drug-likeness (QED) is 0.210. The first-order chi connectivity index (χ1) is 16.8. The van der Waals surface area contributed by atoms with E-state index in [1.165, 1.54) is 19.3 Å². The van der Waals surface area contributed by atoms with Crippen molar-refractivity contribution in [3.63, 3.8) is 0 Å². The van der Waals surface area contributed by atoms with Gasteiger partial charge in [-0.1, -0.05) is 36.4 Å². The van der Waals surface area contributed by atoms with Crippen LogP contribution in [-0.4, -0.2) is 35.5 Å². The van der Waals surface area contributed by atoms with Gasteiger partial charge in [0.05, 0.1) is 23.9 Å². The predicted molar refractivity (Wildman–Crippen MR) is 128 cm³/mol. The highest BCUT2D eigenvalue weighted by atomic mass is 32.2. The topological polar surface area (TPSA) is 139 Å². The normalized spacial score (nSPS) is 12.8. The Balaban J connectivity index is 1.61. The smallest absolute Gasteiger partial charge is 0.305 e.